The van der Waals surface area contributed by atoms with Crippen molar-refractivity contribution in [3.8, 4) is 0 Å². The Morgan fingerprint density at radius 1 is 1.22 bits per heavy atom. The Morgan fingerprint density at radius 2 is 1.96 bits per heavy atom. The van der Waals surface area contributed by atoms with E-state index in [4.69, 9.17) is 0 Å². The van der Waals surface area contributed by atoms with Crippen LogP contribution in [0.25, 0.3) is 0 Å². The fourth-order valence-electron chi connectivity index (χ4n) is 3.57. The Balaban J connectivity index is 1.66. The van der Waals surface area contributed by atoms with Crippen LogP contribution in [0.2, 0.25) is 0 Å². The molecule has 1 atom stereocenters. The second-order valence-corrected chi connectivity index (χ2v) is 7.65. The van der Waals surface area contributed by atoms with E-state index in [0.717, 1.165) is 49.4 Å². The molecule has 0 bridgehead atoms. The summed E-state index contributed by atoms with van der Waals surface area (Å²) in [5, 5.41) is 3.17. The fraction of sp³-hybridized carbons (Fsp3) is 0.550. The van der Waals surface area contributed by atoms with Gasteiger partial charge in [0.05, 0.1) is 0 Å². The smallest absolute Gasteiger partial charge is 0.228 e. The molecule has 1 unspecified atom stereocenters. The van der Waals surface area contributed by atoms with E-state index < -0.39 is 0 Å². The van der Waals surface area contributed by atoms with Gasteiger partial charge in [-0.25, -0.2) is 19.9 Å². The van der Waals surface area contributed by atoms with Crippen molar-refractivity contribution >= 4 is 17.7 Å². The number of piperidine rings is 1. The summed E-state index contributed by atoms with van der Waals surface area (Å²) >= 11 is 0. The largest absolute Gasteiger partial charge is 0.342 e. The Bertz CT molecular complexity index is 787. The van der Waals surface area contributed by atoms with Gasteiger partial charge in [0.2, 0.25) is 11.9 Å². The van der Waals surface area contributed by atoms with Crippen LogP contribution in [0.15, 0.2) is 18.5 Å². The van der Waals surface area contributed by atoms with Crippen molar-refractivity contribution in [3.63, 3.8) is 0 Å². The molecule has 1 amide bonds. The third-order valence-electron chi connectivity index (χ3n) is 4.77. The molecule has 0 radical (unpaired) electrons. The molecular formula is C20H28N6O. The summed E-state index contributed by atoms with van der Waals surface area (Å²) in [6.07, 6.45) is 4.58. The number of carbonyl (C=O) groups excluding carboxylic acids is 1. The van der Waals surface area contributed by atoms with Crippen LogP contribution in [0, 0.1) is 25.7 Å². The monoisotopic (exact) mass is 368 g/mol. The highest BCUT2D eigenvalue weighted by Crippen LogP contribution is 2.22. The number of hydrogen-bond donors (Lipinski definition) is 1. The first-order valence-corrected chi connectivity index (χ1v) is 9.59. The maximum absolute atomic E-state index is 12.3. The molecule has 7 nitrogen and oxygen atoms in total. The second-order valence-electron chi connectivity index (χ2n) is 7.65. The molecule has 1 aliphatic rings. The Hall–Kier alpha value is -2.57. The summed E-state index contributed by atoms with van der Waals surface area (Å²) < 4.78 is 0. The summed E-state index contributed by atoms with van der Waals surface area (Å²) in [5.41, 5.74) is 2.80. The Labute approximate surface area is 160 Å². The van der Waals surface area contributed by atoms with E-state index in [1.807, 2.05) is 44.7 Å². The van der Waals surface area contributed by atoms with Crippen molar-refractivity contribution in [2.75, 3.05) is 18.4 Å². The number of amides is 1. The lowest BCUT2D eigenvalue weighted by Gasteiger charge is -2.33. The Morgan fingerprint density at radius 3 is 2.67 bits per heavy atom. The molecule has 0 saturated carbocycles. The first-order valence-electron chi connectivity index (χ1n) is 9.59. The number of nitrogens with one attached hydrogen (secondary N) is 1. The number of hydrogen-bond acceptors (Lipinski definition) is 6. The standard InChI is InChI=1S/C20H28N6O/c1-13(2)19(27)26-7-5-6-16(11-26)9-17-10-18(22-12-21-17)25-20-23-14(3)8-15(4)24-20/h8,10,12-13,16H,5-7,9,11H2,1-4H3,(H,21,22,23,24,25). The van der Waals surface area contributed by atoms with Gasteiger partial charge in [-0.15, -0.1) is 0 Å². The summed E-state index contributed by atoms with van der Waals surface area (Å²) in [6.45, 7) is 9.49. The van der Waals surface area contributed by atoms with Gasteiger partial charge in [0, 0.05) is 42.2 Å². The molecule has 0 aliphatic carbocycles. The summed E-state index contributed by atoms with van der Waals surface area (Å²) in [7, 11) is 0. The molecule has 1 aliphatic heterocycles. The van der Waals surface area contributed by atoms with Gasteiger partial charge in [-0.1, -0.05) is 13.8 Å². The van der Waals surface area contributed by atoms with Crippen molar-refractivity contribution in [2.24, 2.45) is 11.8 Å². The first kappa shape index (κ1) is 19.2. The molecule has 0 aromatic carbocycles. The summed E-state index contributed by atoms with van der Waals surface area (Å²) in [5.74, 6) is 1.97. The predicted molar refractivity (Wildman–Crippen MR) is 105 cm³/mol. The molecular weight excluding hydrogens is 340 g/mol. The number of rotatable bonds is 5. The molecule has 3 heterocycles. The van der Waals surface area contributed by atoms with Crippen LogP contribution in [0.4, 0.5) is 11.8 Å². The van der Waals surface area contributed by atoms with Crippen LogP contribution in [-0.2, 0) is 11.2 Å². The minimum absolute atomic E-state index is 0.0522. The number of likely N-dealkylation sites (tertiary alicyclic amines) is 1. The number of anilines is 2. The zero-order chi connectivity index (χ0) is 19.4. The Kier molecular flexibility index (Phi) is 5.98. The summed E-state index contributed by atoms with van der Waals surface area (Å²) in [6, 6.07) is 3.88. The number of nitrogens with zero attached hydrogens (tertiary/aromatic N) is 5. The second kappa shape index (κ2) is 8.41. The van der Waals surface area contributed by atoms with E-state index in [1.54, 1.807) is 6.33 Å². The van der Waals surface area contributed by atoms with E-state index in [-0.39, 0.29) is 11.8 Å². The van der Waals surface area contributed by atoms with Crippen molar-refractivity contribution in [3.05, 3.63) is 35.5 Å². The van der Waals surface area contributed by atoms with Crippen molar-refractivity contribution < 1.29 is 4.79 Å². The number of carbonyl (C=O) groups is 1. The van der Waals surface area contributed by atoms with Gasteiger partial charge < -0.3 is 10.2 Å². The van der Waals surface area contributed by atoms with E-state index >= 15 is 0 Å². The lowest BCUT2D eigenvalue weighted by molar-refractivity contribution is -0.136. The third-order valence-corrected chi connectivity index (χ3v) is 4.77. The topological polar surface area (TPSA) is 83.9 Å². The molecule has 7 heteroatoms. The van der Waals surface area contributed by atoms with Crippen molar-refractivity contribution in [1.82, 2.24) is 24.8 Å². The number of aryl methyl sites for hydroxylation is 2. The lowest BCUT2D eigenvalue weighted by Crippen LogP contribution is -2.42. The van der Waals surface area contributed by atoms with Gasteiger partial charge in [-0.2, -0.15) is 0 Å². The molecule has 2 aromatic heterocycles. The van der Waals surface area contributed by atoms with Crippen molar-refractivity contribution in [1.29, 1.82) is 0 Å². The van der Waals surface area contributed by atoms with Crippen LogP contribution >= 0.6 is 0 Å². The minimum Gasteiger partial charge on any atom is -0.342 e. The summed E-state index contributed by atoms with van der Waals surface area (Å²) in [4.78, 5) is 31.8. The maximum Gasteiger partial charge on any atom is 0.228 e. The molecule has 144 valence electrons. The van der Waals surface area contributed by atoms with E-state index in [2.05, 4.69) is 25.3 Å². The van der Waals surface area contributed by atoms with Gasteiger partial charge >= 0.3 is 0 Å². The molecule has 0 spiro atoms. The van der Waals surface area contributed by atoms with Gasteiger partial charge in [0.1, 0.15) is 12.1 Å². The van der Waals surface area contributed by atoms with Gasteiger partial charge in [0.25, 0.3) is 0 Å². The first-order chi connectivity index (χ1) is 12.9. The van der Waals surface area contributed by atoms with E-state index in [1.165, 1.54) is 0 Å². The lowest BCUT2D eigenvalue weighted by atomic mass is 9.92. The normalized spacial score (nSPS) is 17.2. The zero-order valence-corrected chi connectivity index (χ0v) is 16.6. The third kappa shape index (κ3) is 5.21. The fourth-order valence-corrected chi connectivity index (χ4v) is 3.57. The molecule has 1 fully saturated rings. The van der Waals surface area contributed by atoms with Crippen LogP contribution < -0.4 is 5.32 Å². The average molecular weight is 368 g/mol. The molecule has 2 aromatic rings. The number of aromatic nitrogens is 4. The molecule has 3 rings (SSSR count). The van der Waals surface area contributed by atoms with Crippen molar-refractivity contribution in [2.45, 2.75) is 47.0 Å². The minimum atomic E-state index is 0.0522. The highest BCUT2D eigenvalue weighted by molar-refractivity contribution is 5.78. The van der Waals surface area contributed by atoms with Gasteiger partial charge in [0.15, 0.2) is 0 Å². The highest BCUT2D eigenvalue weighted by atomic mass is 16.2. The molecule has 27 heavy (non-hydrogen) atoms. The predicted octanol–water partition coefficient (Wildman–Crippen LogP) is 3.06. The van der Waals surface area contributed by atoms with Crippen LogP contribution in [0.5, 0.6) is 0 Å². The zero-order valence-electron chi connectivity index (χ0n) is 16.6. The van der Waals surface area contributed by atoms with Crippen LogP contribution in [-0.4, -0.2) is 43.8 Å². The van der Waals surface area contributed by atoms with Gasteiger partial charge in [-0.3, -0.25) is 4.79 Å². The maximum atomic E-state index is 12.3. The van der Waals surface area contributed by atoms with E-state index in [0.29, 0.717) is 17.7 Å². The SMILES string of the molecule is Cc1cc(C)nc(Nc2cc(CC3CCCN(C(=O)C(C)C)C3)ncn2)n1. The van der Waals surface area contributed by atoms with Gasteiger partial charge in [-0.05, 0) is 45.1 Å². The molecule has 1 N–H and O–H groups in total. The molecule has 1 saturated heterocycles. The average Bonchev–Trinajstić information content (AvgIpc) is 2.60. The van der Waals surface area contributed by atoms with E-state index in [9.17, 15) is 4.79 Å². The highest BCUT2D eigenvalue weighted by Gasteiger charge is 2.25. The van der Waals surface area contributed by atoms with Crippen LogP contribution in [0.1, 0.15) is 43.8 Å². The van der Waals surface area contributed by atoms with Crippen LogP contribution in [0.3, 0.4) is 0 Å². The quantitative estimate of drug-likeness (QED) is 0.873.